The molecule has 0 fully saturated rings. The van der Waals surface area contributed by atoms with Crippen molar-refractivity contribution in [1.29, 1.82) is 0 Å². The van der Waals surface area contributed by atoms with E-state index in [4.69, 9.17) is 5.73 Å². The molecule has 0 bridgehead atoms. The fraction of sp³-hybridized carbons (Fsp3) is 0.250. The Morgan fingerprint density at radius 1 is 1.21 bits per heavy atom. The van der Waals surface area contributed by atoms with Crippen LogP contribution in [0.25, 0.3) is 11.0 Å². The monoisotopic (exact) mass is 334 g/mol. The Morgan fingerprint density at radius 2 is 1.96 bits per heavy atom. The first-order valence-corrected chi connectivity index (χ1v) is 7.42. The van der Waals surface area contributed by atoms with E-state index in [9.17, 15) is 18.4 Å². The molecule has 3 heterocycles. The molecule has 1 unspecified atom stereocenters. The van der Waals surface area contributed by atoms with Gasteiger partial charge in [-0.15, -0.1) is 0 Å². The second-order valence-corrected chi connectivity index (χ2v) is 5.98. The molecule has 1 aliphatic heterocycles. The first kappa shape index (κ1) is 14.9. The summed E-state index contributed by atoms with van der Waals surface area (Å²) >= 11 is 0. The number of nitrogens with zero attached hydrogens (tertiary/aromatic N) is 3. The van der Waals surface area contributed by atoms with Crippen LogP contribution in [0.1, 0.15) is 17.3 Å². The maximum Gasteiger partial charge on any atom is 0.208 e. The van der Waals surface area contributed by atoms with Crippen molar-refractivity contribution in [2.24, 2.45) is 5.73 Å². The summed E-state index contributed by atoms with van der Waals surface area (Å²) in [6.45, 7) is 0.345. The zero-order valence-corrected chi connectivity index (χ0v) is 12.4. The second-order valence-electron chi connectivity index (χ2n) is 5.98. The highest BCUT2D eigenvalue weighted by atomic mass is 19.2. The molecule has 0 radical (unpaired) electrons. The summed E-state index contributed by atoms with van der Waals surface area (Å²) in [4.78, 5) is 4.39. The molecule has 0 saturated heterocycles. The molecule has 8 heteroatoms. The summed E-state index contributed by atoms with van der Waals surface area (Å²) in [5, 5.41) is 11.4. The Hall–Kier alpha value is -2.61. The van der Waals surface area contributed by atoms with E-state index in [0.29, 0.717) is 28.7 Å². The number of pyridine rings is 1. The van der Waals surface area contributed by atoms with Crippen molar-refractivity contribution < 1.29 is 17.9 Å². The van der Waals surface area contributed by atoms with Crippen LogP contribution < -0.4 is 10.5 Å². The highest BCUT2D eigenvalue weighted by molar-refractivity contribution is 5.74. The highest BCUT2D eigenvalue weighted by Crippen LogP contribution is 2.33. The largest absolute Gasteiger partial charge is 0.619 e. The molecule has 0 amide bonds. The van der Waals surface area contributed by atoms with E-state index in [1.807, 2.05) is 4.57 Å². The van der Waals surface area contributed by atoms with Crippen LogP contribution in [0.3, 0.4) is 0 Å². The van der Waals surface area contributed by atoms with Gasteiger partial charge in [-0.25, -0.2) is 18.2 Å². The van der Waals surface area contributed by atoms with Crippen molar-refractivity contribution in [2.45, 2.75) is 24.9 Å². The first-order valence-electron chi connectivity index (χ1n) is 7.42. The molecule has 1 aromatic carbocycles. The number of benzene rings is 1. The predicted octanol–water partition coefficient (Wildman–Crippen LogP) is 1.75. The molecule has 2 atom stereocenters. The van der Waals surface area contributed by atoms with Gasteiger partial charge < -0.3 is 15.5 Å². The van der Waals surface area contributed by atoms with Gasteiger partial charge in [0.2, 0.25) is 6.20 Å². The lowest BCUT2D eigenvalue weighted by molar-refractivity contribution is -0.604. The molecule has 124 valence electrons. The standard InChI is InChI=1S/C16H13F3N4O/c17-10-5-12(19)11(18)3-8(10)9-4-16-21-14-7-22(24)2-1-15(14)23(16)6-13(9)20/h1-3,5,7,9,13H,4,6,20H2/t9-,13?/m1/s1. The predicted molar refractivity (Wildman–Crippen MR) is 79.4 cm³/mol. The maximum atomic E-state index is 14.1. The number of hydrogen-bond acceptors (Lipinski definition) is 3. The number of fused-ring (bicyclic) bond motifs is 3. The summed E-state index contributed by atoms with van der Waals surface area (Å²) in [6.07, 6.45) is 2.99. The molecule has 0 saturated carbocycles. The number of halogens is 3. The number of hydrogen-bond donors (Lipinski definition) is 1. The van der Waals surface area contributed by atoms with Gasteiger partial charge in [-0.05, 0) is 11.6 Å². The maximum absolute atomic E-state index is 14.1. The van der Waals surface area contributed by atoms with E-state index < -0.39 is 29.4 Å². The zero-order chi connectivity index (χ0) is 17.0. The van der Waals surface area contributed by atoms with Crippen LogP contribution in [-0.2, 0) is 13.0 Å². The van der Waals surface area contributed by atoms with Crippen molar-refractivity contribution in [2.75, 3.05) is 0 Å². The van der Waals surface area contributed by atoms with Crippen molar-refractivity contribution >= 4 is 11.0 Å². The van der Waals surface area contributed by atoms with Gasteiger partial charge in [-0.3, -0.25) is 0 Å². The van der Waals surface area contributed by atoms with Gasteiger partial charge in [-0.1, -0.05) is 0 Å². The number of rotatable bonds is 1. The van der Waals surface area contributed by atoms with E-state index >= 15 is 0 Å². The Morgan fingerprint density at radius 3 is 2.75 bits per heavy atom. The minimum Gasteiger partial charge on any atom is -0.619 e. The molecular weight excluding hydrogens is 321 g/mol. The average molecular weight is 334 g/mol. The van der Waals surface area contributed by atoms with Gasteiger partial charge in [0, 0.05) is 37.1 Å². The SMILES string of the molecule is NC1Cn2c(nc3c[n+]([O-])ccc32)C[C@@H]1c1cc(F)c(F)cc1F. The lowest BCUT2D eigenvalue weighted by atomic mass is 9.86. The molecule has 3 aromatic rings. The average Bonchev–Trinajstić information content (AvgIpc) is 2.86. The van der Waals surface area contributed by atoms with Crippen LogP contribution in [0.4, 0.5) is 13.2 Å². The quantitative estimate of drug-likeness (QED) is 0.419. The van der Waals surface area contributed by atoms with Crippen molar-refractivity contribution in [3.63, 3.8) is 0 Å². The fourth-order valence-corrected chi connectivity index (χ4v) is 3.32. The second kappa shape index (κ2) is 5.20. The van der Waals surface area contributed by atoms with Gasteiger partial charge in [0.1, 0.15) is 11.6 Å². The molecular formula is C16H13F3N4O. The summed E-state index contributed by atoms with van der Waals surface area (Å²) in [5.41, 5.74) is 7.48. The summed E-state index contributed by atoms with van der Waals surface area (Å²) < 4.78 is 43.3. The van der Waals surface area contributed by atoms with Crippen LogP contribution in [-0.4, -0.2) is 15.6 Å². The Labute approximate surface area is 134 Å². The molecule has 0 aliphatic carbocycles. The zero-order valence-electron chi connectivity index (χ0n) is 12.4. The highest BCUT2D eigenvalue weighted by Gasteiger charge is 2.32. The van der Waals surface area contributed by atoms with Crippen molar-refractivity contribution in [1.82, 2.24) is 9.55 Å². The van der Waals surface area contributed by atoms with Gasteiger partial charge in [0.05, 0.1) is 5.52 Å². The summed E-state index contributed by atoms with van der Waals surface area (Å²) in [6, 6.07) is 2.55. The number of imidazole rings is 1. The van der Waals surface area contributed by atoms with Gasteiger partial charge in [-0.2, -0.15) is 4.73 Å². The lowest BCUT2D eigenvalue weighted by Crippen LogP contribution is -2.39. The third-order valence-corrected chi connectivity index (χ3v) is 4.49. The molecule has 1 aliphatic rings. The topological polar surface area (TPSA) is 70.8 Å². The van der Waals surface area contributed by atoms with Gasteiger partial charge >= 0.3 is 0 Å². The fourth-order valence-electron chi connectivity index (χ4n) is 3.32. The summed E-state index contributed by atoms with van der Waals surface area (Å²) in [5.74, 6) is -3.05. The normalized spacial score (nSPS) is 20.3. The first-order chi connectivity index (χ1) is 11.4. The minimum atomic E-state index is -1.23. The Balaban J connectivity index is 1.79. The van der Waals surface area contributed by atoms with Crippen molar-refractivity contribution in [3.8, 4) is 0 Å². The van der Waals surface area contributed by atoms with E-state index in [2.05, 4.69) is 4.98 Å². The van der Waals surface area contributed by atoms with E-state index in [0.717, 1.165) is 11.6 Å². The van der Waals surface area contributed by atoms with Crippen LogP contribution in [0.15, 0.2) is 30.6 Å². The van der Waals surface area contributed by atoms with Gasteiger partial charge in [0.25, 0.3) is 0 Å². The van der Waals surface area contributed by atoms with Crippen molar-refractivity contribution in [3.05, 3.63) is 64.6 Å². The Kier molecular flexibility index (Phi) is 3.24. The van der Waals surface area contributed by atoms with Crippen LogP contribution in [0, 0.1) is 22.7 Å². The Bertz CT molecular complexity index is 956. The van der Waals surface area contributed by atoms with Crippen LogP contribution in [0.2, 0.25) is 0 Å². The molecule has 4 rings (SSSR count). The minimum absolute atomic E-state index is 0.0404. The van der Waals surface area contributed by atoms with Crippen LogP contribution in [0.5, 0.6) is 0 Å². The van der Waals surface area contributed by atoms with E-state index in [-0.39, 0.29) is 12.0 Å². The third-order valence-electron chi connectivity index (χ3n) is 4.49. The molecule has 5 nitrogen and oxygen atoms in total. The molecule has 24 heavy (non-hydrogen) atoms. The number of aromatic nitrogens is 3. The molecule has 2 N–H and O–H groups in total. The number of nitrogens with two attached hydrogens (primary N) is 1. The smallest absolute Gasteiger partial charge is 0.208 e. The molecule has 0 spiro atoms. The lowest BCUT2D eigenvalue weighted by Gasteiger charge is -2.30. The van der Waals surface area contributed by atoms with E-state index in [1.54, 1.807) is 6.07 Å². The molecule has 2 aromatic heterocycles. The van der Waals surface area contributed by atoms with Crippen LogP contribution >= 0.6 is 0 Å². The van der Waals surface area contributed by atoms with E-state index in [1.165, 1.54) is 12.4 Å². The van der Waals surface area contributed by atoms with Gasteiger partial charge in [0.15, 0.2) is 23.3 Å². The third kappa shape index (κ3) is 2.22. The summed E-state index contributed by atoms with van der Waals surface area (Å²) in [7, 11) is 0.